The van der Waals surface area contributed by atoms with E-state index in [4.69, 9.17) is 16.6 Å². The van der Waals surface area contributed by atoms with Crippen molar-refractivity contribution < 1.29 is 14.7 Å². The second-order valence-electron chi connectivity index (χ2n) is 1.88. The summed E-state index contributed by atoms with van der Waals surface area (Å²) >= 11 is 0. The number of nitrogens with zero attached hydrogens (tertiary/aromatic N) is 1. The van der Waals surface area contributed by atoms with Crippen LogP contribution in [0.15, 0.2) is 0 Å². The van der Waals surface area contributed by atoms with E-state index >= 15 is 0 Å². The van der Waals surface area contributed by atoms with Crippen LogP contribution in [0.4, 0.5) is 0 Å². The van der Waals surface area contributed by atoms with E-state index in [1.165, 1.54) is 0 Å². The van der Waals surface area contributed by atoms with E-state index in [1.54, 1.807) is 0 Å². The van der Waals surface area contributed by atoms with Gasteiger partial charge in [0.1, 0.15) is 0 Å². The van der Waals surface area contributed by atoms with Crippen molar-refractivity contribution in [3.8, 4) is 0 Å². The van der Waals surface area contributed by atoms with E-state index < -0.39 is 17.9 Å². The zero-order valence-electron chi connectivity index (χ0n) is 5.28. The number of aliphatic carboxylic acids is 1. The largest absolute Gasteiger partial charge is 0.481 e. The van der Waals surface area contributed by atoms with Gasteiger partial charge in [0, 0.05) is 6.42 Å². The summed E-state index contributed by atoms with van der Waals surface area (Å²) in [5, 5.41) is 8.10. The number of carbonyl (C=O) groups excluding carboxylic acids is 1. The van der Waals surface area contributed by atoms with Gasteiger partial charge in [-0.3, -0.25) is 9.59 Å². The van der Waals surface area contributed by atoms with Crippen molar-refractivity contribution in [1.82, 2.24) is 5.73 Å². The molecule has 10 heavy (non-hydrogen) atoms. The first-order chi connectivity index (χ1) is 4.54. The Hall–Kier alpha value is -1.10. The molecule has 0 bridgehead atoms. The lowest BCUT2D eigenvalue weighted by Crippen LogP contribution is -2.31. The molecule has 0 aromatic rings. The zero-order valence-corrected chi connectivity index (χ0v) is 5.28. The highest BCUT2D eigenvalue weighted by molar-refractivity contribution is 5.79. The lowest BCUT2D eigenvalue weighted by atomic mass is 10.1. The predicted molar refractivity (Wildman–Crippen MR) is 32.0 cm³/mol. The smallest absolute Gasteiger partial charge is 0.303 e. The number of amides is 1. The highest BCUT2D eigenvalue weighted by Gasteiger charge is 2.12. The van der Waals surface area contributed by atoms with Crippen LogP contribution in [0.2, 0.25) is 0 Å². The van der Waals surface area contributed by atoms with Crippen molar-refractivity contribution in [3.05, 3.63) is 0 Å². The quantitative estimate of drug-likeness (QED) is 0.515. The lowest BCUT2D eigenvalue weighted by molar-refractivity contribution is -0.137. The van der Waals surface area contributed by atoms with Gasteiger partial charge in [-0.05, 0) is 6.42 Å². The van der Waals surface area contributed by atoms with Crippen molar-refractivity contribution in [2.75, 3.05) is 0 Å². The van der Waals surface area contributed by atoms with Crippen molar-refractivity contribution in [3.63, 3.8) is 0 Å². The maximum Gasteiger partial charge on any atom is 0.303 e. The minimum Gasteiger partial charge on any atom is -0.481 e. The van der Waals surface area contributed by atoms with Crippen LogP contribution < -0.4 is 11.5 Å². The summed E-state index contributed by atoms with van der Waals surface area (Å²) in [5.41, 5.74) is 13.2. The minimum absolute atomic E-state index is 0.0231. The molecule has 0 spiro atoms. The zero-order chi connectivity index (χ0) is 8.15. The lowest BCUT2D eigenvalue weighted by Gasteiger charge is -2.00. The van der Waals surface area contributed by atoms with Gasteiger partial charge in [0.15, 0.2) is 0 Å². The van der Waals surface area contributed by atoms with E-state index in [1.807, 2.05) is 0 Å². The highest BCUT2D eigenvalue weighted by Crippen LogP contribution is 1.93. The number of hydrogen-bond donors (Lipinski definition) is 2. The van der Waals surface area contributed by atoms with Gasteiger partial charge in [0.25, 0.3) is 5.91 Å². The Bertz CT molecular complexity index is 146. The van der Waals surface area contributed by atoms with Crippen LogP contribution in [0.3, 0.4) is 0 Å². The van der Waals surface area contributed by atoms with Gasteiger partial charge >= 0.3 is 5.97 Å². The molecule has 1 atom stereocenters. The Morgan fingerprint density at radius 2 is 2.10 bits per heavy atom. The van der Waals surface area contributed by atoms with Crippen molar-refractivity contribution >= 4 is 11.9 Å². The van der Waals surface area contributed by atoms with Gasteiger partial charge in [0.2, 0.25) is 0 Å². The third-order valence-electron chi connectivity index (χ3n) is 0.986. The minimum atomic E-state index is -1.17. The third-order valence-corrected chi connectivity index (χ3v) is 0.986. The highest BCUT2D eigenvalue weighted by atomic mass is 16.4. The Balaban J connectivity index is 3.49. The molecule has 5 heteroatoms. The van der Waals surface area contributed by atoms with Crippen LogP contribution in [0, 0.1) is 0 Å². The summed E-state index contributed by atoms with van der Waals surface area (Å²) in [4.78, 5) is 19.9. The summed E-state index contributed by atoms with van der Waals surface area (Å²) < 4.78 is 0. The molecule has 0 aromatic carbocycles. The molecule has 5 nitrogen and oxygen atoms in total. The molecule has 0 saturated heterocycles. The molecule has 0 aromatic heterocycles. The molecule has 1 amide bonds. The fraction of sp³-hybridized carbons (Fsp3) is 0.600. The fourth-order valence-electron chi connectivity index (χ4n) is 0.402. The van der Waals surface area contributed by atoms with E-state index in [0.717, 1.165) is 0 Å². The van der Waals surface area contributed by atoms with Gasteiger partial charge < -0.3 is 10.8 Å². The molecule has 0 saturated carbocycles. The van der Waals surface area contributed by atoms with E-state index in [2.05, 4.69) is 0 Å². The monoisotopic (exact) mass is 144 g/mol. The Kier molecular flexibility index (Phi) is 3.42. The number of hydrogen-bond acceptors (Lipinski definition) is 3. The second kappa shape index (κ2) is 3.84. The maximum absolute atomic E-state index is 9.99. The van der Waals surface area contributed by atoms with Gasteiger partial charge in [-0.15, -0.1) is 5.73 Å². The number of carboxylic acid groups (broad SMARTS) is 1. The van der Waals surface area contributed by atoms with E-state index in [9.17, 15) is 9.59 Å². The number of nitrogens with two attached hydrogens (primary N) is 1. The van der Waals surface area contributed by atoms with Crippen molar-refractivity contribution in [2.24, 2.45) is 5.73 Å². The van der Waals surface area contributed by atoms with E-state index in [-0.39, 0.29) is 12.8 Å². The molecule has 56 valence electrons. The Morgan fingerprint density at radius 3 is 2.40 bits per heavy atom. The molecular weight excluding hydrogens is 136 g/mol. The van der Waals surface area contributed by atoms with Crippen LogP contribution in [0.25, 0.3) is 0 Å². The van der Waals surface area contributed by atoms with Gasteiger partial charge in [-0.25, -0.2) is 0 Å². The molecule has 0 aliphatic carbocycles. The molecule has 2 radical (unpaired) electrons. The fourth-order valence-corrected chi connectivity index (χ4v) is 0.402. The molecule has 0 unspecified atom stereocenters. The molecule has 0 aliphatic heterocycles. The first-order valence-corrected chi connectivity index (χ1v) is 2.74. The van der Waals surface area contributed by atoms with Crippen LogP contribution in [-0.2, 0) is 9.59 Å². The maximum atomic E-state index is 9.99. The van der Waals surface area contributed by atoms with Gasteiger partial charge in [0.05, 0.1) is 6.04 Å². The molecule has 0 aliphatic rings. The summed E-state index contributed by atoms with van der Waals surface area (Å²) in [7, 11) is 0. The average molecular weight is 144 g/mol. The summed E-state index contributed by atoms with van der Waals surface area (Å²) in [5.74, 6) is -2.20. The van der Waals surface area contributed by atoms with Crippen LogP contribution in [0.5, 0.6) is 0 Å². The summed E-state index contributed by atoms with van der Waals surface area (Å²) in [6.45, 7) is 0. The number of carboxylic acids is 1. The van der Waals surface area contributed by atoms with Crippen LogP contribution in [0.1, 0.15) is 12.8 Å². The SMILES string of the molecule is [N]C(=O)[C@@H](N)CCC(=O)O. The number of rotatable bonds is 4. The van der Waals surface area contributed by atoms with Crippen molar-refractivity contribution in [2.45, 2.75) is 18.9 Å². The van der Waals surface area contributed by atoms with Gasteiger partial charge in [-0.1, -0.05) is 0 Å². The topological polar surface area (TPSA) is 103 Å². The number of carbonyl (C=O) groups is 2. The second-order valence-corrected chi connectivity index (χ2v) is 1.88. The molecular formula is C5H8N2O3. The third kappa shape index (κ3) is 3.85. The van der Waals surface area contributed by atoms with Crippen LogP contribution in [-0.4, -0.2) is 23.0 Å². The van der Waals surface area contributed by atoms with Crippen LogP contribution >= 0.6 is 0 Å². The molecule has 3 N–H and O–H groups in total. The molecule has 0 heterocycles. The average Bonchev–Trinajstić information content (AvgIpc) is 1.82. The Morgan fingerprint density at radius 1 is 1.60 bits per heavy atom. The normalized spacial score (nSPS) is 12.5. The summed E-state index contributed by atoms with van der Waals surface area (Å²) in [6.07, 6.45) is -0.224. The van der Waals surface area contributed by atoms with Crippen molar-refractivity contribution in [1.29, 1.82) is 0 Å². The molecule has 0 fully saturated rings. The summed E-state index contributed by atoms with van der Waals surface area (Å²) in [6, 6.07) is -1.06. The first kappa shape index (κ1) is 8.90. The first-order valence-electron chi connectivity index (χ1n) is 2.74. The van der Waals surface area contributed by atoms with E-state index in [0.29, 0.717) is 0 Å². The standard InChI is InChI=1S/C5H8N2O3/c6-3(5(7)10)1-2-4(8)9/h3H,1-2,6H2,(H,8,9)/t3-/m0/s1. The molecule has 0 rings (SSSR count). The predicted octanol–water partition coefficient (Wildman–Crippen LogP) is -1.23. The Labute approximate surface area is 58.0 Å². The van der Waals surface area contributed by atoms with Gasteiger partial charge in [-0.2, -0.15) is 0 Å².